The van der Waals surface area contributed by atoms with Crippen molar-refractivity contribution in [3.63, 3.8) is 0 Å². The minimum absolute atomic E-state index is 0. The van der Waals surface area contributed by atoms with Gasteiger partial charge in [0.1, 0.15) is 40.5 Å². The first-order chi connectivity index (χ1) is 60.3. The number of fused-ring (bicyclic) bond motifs is 6. The predicted molar refractivity (Wildman–Crippen MR) is 514 cm³/mol. The molecule has 0 amide bonds. The fraction of sp³-hybridized carbons (Fsp3) is 0. The van der Waals surface area contributed by atoms with Crippen molar-refractivity contribution in [2.75, 3.05) is 0 Å². The van der Waals surface area contributed by atoms with Crippen molar-refractivity contribution in [3.8, 4) is 11.3 Å². The number of nitrogens with zero attached hydrogens (tertiary/aromatic N) is 4. The van der Waals surface area contributed by atoms with Crippen LogP contribution in [0.15, 0.2) is 495 Å². The Labute approximate surface area is 840 Å². The molecule has 0 saturated carbocycles. The zero-order valence-electron chi connectivity index (χ0n) is 69.6. The maximum Gasteiger partial charge on any atom is 1.00 e. The normalized spacial score (nSPS) is 10.2. The summed E-state index contributed by atoms with van der Waals surface area (Å²) in [4.78, 5) is 28.0. The van der Waals surface area contributed by atoms with Crippen molar-refractivity contribution in [3.05, 3.63) is 491 Å². The number of carbonyl (C=O) groups is 1. The smallest absolute Gasteiger partial charge is 1.00 e. The number of benzene rings is 16. The maximum absolute atomic E-state index is 8.64. The predicted octanol–water partition coefficient (Wildman–Crippen LogP) is 12.8. The monoisotopic (exact) mass is 1870 g/mol. The Kier molecular flexibility index (Phi) is 42.2. The van der Waals surface area contributed by atoms with E-state index in [1.807, 2.05) is 84.9 Å². The van der Waals surface area contributed by atoms with Crippen LogP contribution in [0.4, 0.5) is 0 Å². The maximum atomic E-state index is 8.64. The molecule has 16 aromatic carbocycles. The van der Waals surface area contributed by atoms with Gasteiger partial charge in [0, 0.05) is 36.8 Å². The summed E-state index contributed by atoms with van der Waals surface area (Å²) >= 11 is 5.88. The van der Waals surface area contributed by atoms with Crippen LogP contribution in [-0.4, -0.2) is 43.6 Å². The van der Waals surface area contributed by atoms with E-state index in [0.717, 1.165) is 49.8 Å². The van der Waals surface area contributed by atoms with Crippen LogP contribution in [0.2, 0.25) is 5.15 Å². The zero-order chi connectivity index (χ0) is 84.0. The minimum Gasteiger partial charge on any atom is -1.00 e. The topological polar surface area (TPSA) is 168 Å². The van der Waals surface area contributed by atoms with Gasteiger partial charge in [0.25, 0.3) is 6.47 Å². The van der Waals surface area contributed by atoms with E-state index in [4.69, 9.17) is 40.5 Å². The summed E-state index contributed by atoms with van der Waals surface area (Å²) in [6.07, 6.45) is 3.03. The van der Waals surface area contributed by atoms with Gasteiger partial charge in [-0.05, 0) is 125 Å². The van der Waals surface area contributed by atoms with E-state index < -0.39 is 38.8 Å². The summed E-state index contributed by atoms with van der Waals surface area (Å²) in [7, 11) is -3.13. The number of carbonyl (C=O) groups excluding carboxylic acids is 1. The molecule has 0 aliphatic rings. The van der Waals surface area contributed by atoms with Gasteiger partial charge in [-0.25, -0.2) is 19.9 Å². The number of furan rings is 2. The molecule has 20 aromatic rings. The van der Waals surface area contributed by atoms with E-state index in [1.54, 1.807) is 30.6 Å². The Balaban J connectivity index is 0.000000165. The van der Waals surface area contributed by atoms with Crippen LogP contribution in [0, 0.1) is 0 Å². The van der Waals surface area contributed by atoms with E-state index in [9.17, 15) is 0 Å². The first-order valence-electron chi connectivity index (χ1n) is 39.2. The summed E-state index contributed by atoms with van der Waals surface area (Å²) < 4.78 is 11.4. The first-order valence-corrected chi connectivity index (χ1v) is 45.0. The molecule has 0 fully saturated rings. The molecule has 0 spiro atoms. The van der Waals surface area contributed by atoms with Gasteiger partial charge in [0.05, 0.1) is 0 Å². The van der Waals surface area contributed by atoms with Crippen molar-refractivity contribution in [2.24, 2.45) is 0 Å². The van der Waals surface area contributed by atoms with Crippen LogP contribution in [0.3, 0.4) is 0 Å². The van der Waals surface area contributed by atoms with Gasteiger partial charge in [-0.2, -0.15) is 0 Å². The Hall–Kier alpha value is -9.36. The third kappa shape index (κ3) is 28.6. The molecule has 0 saturated heterocycles. The second kappa shape index (κ2) is 54.0. The van der Waals surface area contributed by atoms with Crippen LogP contribution in [0.1, 0.15) is 1.43 Å². The standard InChI is InChI=1S/4C18H15P.C16H10N2O.C10H5ClN2O.C6H7BO2.CH2O3.2K.Pd.H/c4*1-4-10-16(11-5-1)19(17-12-6-2-7-13-17)18-14-8-3-9-15-18;1-2-6-11(7-3-1)14-16-15(18-10-17-14)12-8-4-5-9-13(12)19-16;11-10-9-8(12-5-13-10)6-3-1-2-4-7(6)14-9;8-7(9)6-4-2-1-3-5-6;2-1-4-3;;;;/h4*1-15H;1-10H;1-5H;1-5,8-9H;1,3H;;;;/q;;;;;;;;2*+1;;-1/p-1. The van der Waals surface area contributed by atoms with Gasteiger partial charge in [-0.3, -0.25) is 4.79 Å². The number of hydrogen-bond donors (Lipinski definition) is 2. The Morgan fingerprint density at radius 1 is 0.296 bits per heavy atom. The van der Waals surface area contributed by atoms with Gasteiger partial charge in [-0.15, -0.1) is 0 Å². The molecule has 0 aliphatic carbocycles. The Morgan fingerprint density at radius 3 is 0.728 bits per heavy atom. The molecule has 0 aliphatic heterocycles. The van der Waals surface area contributed by atoms with Crippen molar-refractivity contribution >= 4 is 170 Å². The second-order valence-corrected chi connectivity index (χ2v) is 35.9. The number of aromatic nitrogens is 4. The molecular formula is C105H84BClK2N4O7P4Pd. The molecule has 0 atom stereocenters. The molecule has 4 heterocycles. The van der Waals surface area contributed by atoms with Crippen molar-refractivity contribution in [1.29, 1.82) is 0 Å². The summed E-state index contributed by atoms with van der Waals surface area (Å²) in [5.74, 6) is 0. The summed E-state index contributed by atoms with van der Waals surface area (Å²) in [5.41, 5.74) is 6.95. The largest absolute Gasteiger partial charge is 1.00 e. The van der Waals surface area contributed by atoms with Gasteiger partial charge in [0.15, 0.2) is 16.3 Å². The molecular weight excluding hydrogens is 1780 g/mol. The van der Waals surface area contributed by atoms with Crippen LogP contribution in [0.5, 0.6) is 0 Å². The summed E-state index contributed by atoms with van der Waals surface area (Å²) in [5, 5.41) is 44.7. The molecule has 11 nitrogen and oxygen atoms in total. The molecule has 20 heteroatoms. The van der Waals surface area contributed by atoms with Crippen LogP contribution in [0.25, 0.3) is 55.4 Å². The average molecular weight is 1870 g/mol. The first kappa shape index (κ1) is 97.8. The molecule has 4 aromatic heterocycles. The summed E-state index contributed by atoms with van der Waals surface area (Å²) in [6, 6.07) is 164. The number of para-hydroxylation sites is 2. The molecule has 20 rings (SSSR count). The number of hydrogen-bond acceptors (Lipinski definition) is 11. The Bertz CT molecular complexity index is 5560. The van der Waals surface area contributed by atoms with E-state index in [2.05, 4.69) is 389 Å². The van der Waals surface area contributed by atoms with E-state index >= 15 is 0 Å². The molecule has 2 N–H and O–H groups in total. The summed E-state index contributed by atoms with van der Waals surface area (Å²) in [6.45, 7) is -0.181. The SMILES string of the molecule is Clc1ncnc2c1oc1ccccc12.O=CO[O-].OB(O)c1ccccc1.[H-].[K+].[K+].[Pd].c1ccc(-c2ncnc3c2oc2ccccc23)cc1.c1ccc(P(c2ccccc2)c2ccccc2)cc1.c1ccc(P(c2ccccc2)c2ccccc2)cc1.c1ccc(P(c2ccccc2)c2ccccc2)cc1.c1ccc(P(c2ccccc2)c2ccccc2)cc1. The van der Waals surface area contributed by atoms with E-state index in [0.29, 0.717) is 16.2 Å². The van der Waals surface area contributed by atoms with Crippen LogP contribution < -0.4 is 177 Å². The van der Waals surface area contributed by atoms with Gasteiger partial charge >= 0.3 is 110 Å². The van der Waals surface area contributed by atoms with Gasteiger partial charge < -0.3 is 30.5 Å². The second-order valence-electron chi connectivity index (χ2n) is 26.6. The van der Waals surface area contributed by atoms with Gasteiger partial charge in [0.2, 0.25) is 0 Å². The fourth-order valence-electron chi connectivity index (χ4n) is 13.2. The Morgan fingerprint density at radius 2 is 0.496 bits per heavy atom. The van der Waals surface area contributed by atoms with E-state index in [1.165, 1.54) is 70.0 Å². The van der Waals surface area contributed by atoms with Crippen LogP contribution >= 0.6 is 43.3 Å². The average Bonchev–Trinajstić information content (AvgIpc) is 1.60. The van der Waals surface area contributed by atoms with Crippen molar-refractivity contribution < 1.29 is 158 Å². The van der Waals surface area contributed by atoms with Crippen molar-refractivity contribution in [1.82, 2.24) is 19.9 Å². The molecule has 0 radical (unpaired) electrons. The quantitative estimate of drug-likeness (QED) is 0.0250. The van der Waals surface area contributed by atoms with E-state index in [-0.39, 0.29) is 131 Å². The van der Waals surface area contributed by atoms with Gasteiger partial charge in [-0.1, -0.05) is 461 Å². The number of rotatable bonds is 15. The zero-order valence-corrected chi connectivity index (χ0v) is 80.7. The molecule has 608 valence electrons. The minimum atomic E-state index is -1.34. The van der Waals surface area contributed by atoms with Crippen molar-refractivity contribution in [2.45, 2.75) is 0 Å². The fourth-order valence-corrected chi connectivity index (χ4v) is 22.6. The third-order valence-corrected chi connectivity index (χ3v) is 28.7. The number of halogens is 1. The third-order valence-electron chi connectivity index (χ3n) is 18.6. The molecule has 0 bridgehead atoms. The molecule has 125 heavy (non-hydrogen) atoms. The molecule has 0 unspecified atom stereocenters. The van der Waals surface area contributed by atoms with Crippen LogP contribution in [-0.2, 0) is 30.1 Å².